The molecule has 24 heavy (non-hydrogen) atoms. The standard InChI is InChI=1S/C17H21F2N3S.HI/c1-12(16-4-3-7-23-16)11-22-17(20-2)21-6-5-13-8-14(18)10-15(19)9-13;/h3-4,7-10,12H,5-6,11H2,1-2H3,(H2,20,21,22);1H. The maximum absolute atomic E-state index is 13.1. The van der Waals surface area contributed by atoms with Crippen molar-refractivity contribution in [1.29, 1.82) is 0 Å². The fourth-order valence-corrected chi connectivity index (χ4v) is 3.01. The highest BCUT2D eigenvalue weighted by atomic mass is 127. The molecule has 0 aliphatic rings. The molecule has 1 aromatic carbocycles. The van der Waals surface area contributed by atoms with E-state index in [1.807, 2.05) is 6.07 Å². The molecule has 2 N–H and O–H groups in total. The Labute approximate surface area is 162 Å². The Morgan fingerprint density at radius 2 is 1.92 bits per heavy atom. The topological polar surface area (TPSA) is 36.4 Å². The van der Waals surface area contributed by atoms with Crippen molar-refractivity contribution in [3.05, 3.63) is 57.8 Å². The number of aliphatic imine (C=N–C) groups is 1. The van der Waals surface area contributed by atoms with Crippen molar-refractivity contribution in [3.63, 3.8) is 0 Å². The summed E-state index contributed by atoms with van der Waals surface area (Å²) in [5.41, 5.74) is 0.623. The molecule has 0 aliphatic carbocycles. The number of nitrogens with zero attached hydrogens (tertiary/aromatic N) is 1. The van der Waals surface area contributed by atoms with E-state index in [4.69, 9.17) is 0 Å². The van der Waals surface area contributed by atoms with Crippen LogP contribution in [0.4, 0.5) is 8.78 Å². The minimum Gasteiger partial charge on any atom is -0.356 e. The smallest absolute Gasteiger partial charge is 0.191 e. The second-order valence-corrected chi connectivity index (χ2v) is 6.30. The lowest BCUT2D eigenvalue weighted by Crippen LogP contribution is -2.39. The normalized spacial score (nSPS) is 12.4. The van der Waals surface area contributed by atoms with Gasteiger partial charge in [0.1, 0.15) is 11.6 Å². The Hall–Kier alpha value is -1.22. The first-order chi connectivity index (χ1) is 11.1. The van der Waals surface area contributed by atoms with Crippen LogP contribution in [-0.2, 0) is 6.42 Å². The SMILES string of the molecule is CN=C(NCCc1cc(F)cc(F)c1)NCC(C)c1cccs1.I. The number of nitrogens with one attached hydrogen (secondary N) is 2. The van der Waals surface area contributed by atoms with Crippen molar-refractivity contribution < 1.29 is 8.78 Å². The van der Waals surface area contributed by atoms with Crippen LogP contribution in [0.1, 0.15) is 23.3 Å². The van der Waals surface area contributed by atoms with E-state index in [0.717, 1.165) is 12.6 Å². The van der Waals surface area contributed by atoms with Crippen molar-refractivity contribution in [1.82, 2.24) is 10.6 Å². The highest BCUT2D eigenvalue weighted by Gasteiger charge is 2.07. The summed E-state index contributed by atoms with van der Waals surface area (Å²) in [4.78, 5) is 5.48. The zero-order chi connectivity index (χ0) is 16.7. The molecule has 0 aliphatic heterocycles. The second kappa shape index (κ2) is 10.6. The molecule has 0 saturated heterocycles. The van der Waals surface area contributed by atoms with Gasteiger partial charge >= 0.3 is 0 Å². The predicted octanol–water partition coefficient (Wildman–Crippen LogP) is 4.16. The molecule has 3 nitrogen and oxygen atoms in total. The fourth-order valence-electron chi connectivity index (χ4n) is 2.22. The number of hydrogen-bond acceptors (Lipinski definition) is 2. The molecule has 1 atom stereocenters. The van der Waals surface area contributed by atoms with Crippen LogP contribution < -0.4 is 10.6 Å². The van der Waals surface area contributed by atoms with Crippen molar-refractivity contribution in [2.75, 3.05) is 20.1 Å². The van der Waals surface area contributed by atoms with E-state index < -0.39 is 11.6 Å². The lowest BCUT2D eigenvalue weighted by atomic mass is 10.1. The Bertz CT molecular complexity index is 627. The molecule has 2 aromatic rings. The highest BCUT2D eigenvalue weighted by Crippen LogP contribution is 2.19. The molecule has 132 valence electrons. The summed E-state index contributed by atoms with van der Waals surface area (Å²) in [6, 6.07) is 7.73. The van der Waals surface area contributed by atoms with Gasteiger partial charge in [-0.05, 0) is 35.6 Å². The van der Waals surface area contributed by atoms with Crippen molar-refractivity contribution in [2.45, 2.75) is 19.3 Å². The molecule has 1 heterocycles. The third kappa shape index (κ3) is 6.72. The highest BCUT2D eigenvalue weighted by molar-refractivity contribution is 14.0. The summed E-state index contributed by atoms with van der Waals surface area (Å²) >= 11 is 1.74. The number of rotatable bonds is 6. The van der Waals surface area contributed by atoms with E-state index >= 15 is 0 Å². The summed E-state index contributed by atoms with van der Waals surface area (Å²) < 4.78 is 26.3. The molecule has 2 rings (SSSR count). The van der Waals surface area contributed by atoms with E-state index in [-0.39, 0.29) is 24.0 Å². The second-order valence-electron chi connectivity index (χ2n) is 5.32. The van der Waals surface area contributed by atoms with Crippen LogP contribution in [0, 0.1) is 11.6 Å². The van der Waals surface area contributed by atoms with Gasteiger partial charge in [-0.25, -0.2) is 8.78 Å². The summed E-state index contributed by atoms with van der Waals surface area (Å²) in [5.74, 6) is -0.0179. The van der Waals surface area contributed by atoms with E-state index in [2.05, 4.69) is 34.0 Å². The summed E-state index contributed by atoms with van der Waals surface area (Å²) in [6.45, 7) is 3.48. The molecular weight excluding hydrogens is 443 g/mol. The first-order valence-corrected chi connectivity index (χ1v) is 8.39. The Morgan fingerprint density at radius 3 is 2.50 bits per heavy atom. The summed E-state index contributed by atoms with van der Waals surface area (Å²) in [5, 5.41) is 8.49. The molecule has 7 heteroatoms. The minimum atomic E-state index is -0.549. The number of guanidine groups is 1. The molecule has 1 unspecified atom stereocenters. The van der Waals surface area contributed by atoms with Crippen molar-refractivity contribution in [3.8, 4) is 0 Å². The molecular formula is C17H22F2IN3S. The van der Waals surface area contributed by atoms with E-state index in [9.17, 15) is 8.78 Å². The predicted molar refractivity (Wildman–Crippen MR) is 108 cm³/mol. The number of hydrogen-bond donors (Lipinski definition) is 2. The number of halogens is 3. The van der Waals surface area contributed by atoms with Crippen molar-refractivity contribution in [2.24, 2.45) is 4.99 Å². The summed E-state index contributed by atoms with van der Waals surface area (Å²) in [7, 11) is 1.70. The Kier molecular flexibility index (Phi) is 9.20. The molecule has 0 spiro atoms. The van der Waals surface area contributed by atoms with Crippen LogP contribution in [0.3, 0.4) is 0 Å². The van der Waals surface area contributed by atoms with Gasteiger partial charge in [-0.2, -0.15) is 0 Å². The van der Waals surface area contributed by atoms with Crippen LogP contribution in [-0.4, -0.2) is 26.1 Å². The van der Waals surface area contributed by atoms with E-state index in [1.165, 1.54) is 17.0 Å². The van der Waals surface area contributed by atoms with Gasteiger partial charge < -0.3 is 10.6 Å². The van der Waals surface area contributed by atoms with Gasteiger partial charge in [0.05, 0.1) is 0 Å². The molecule has 1 aromatic heterocycles. The van der Waals surface area contributed by atoms with E-state index in [1.54, 1.807) is 18.4 Å². The molecule has 0 radical (unpaired) electrons. The number of thiophene rings is 1. The zero-order valence-electron chi connectivity index (χ0n) is 13.7. The average molecular weight is 465 g/mol. The largest absolute Gasteiger partial charge is 0.356 e. The van der Waals surface area contributed by atoms with Crippen molar-refractivity contribution >= 4 is 41.3 Å². The zero-order valence-corrected chi connectivity index (χ0v) is 16.8. The minimum absolute atomic E-state index is 0. The van der Waals surface area contributed by atoms with Crippen LogP contribution in [0.5, 0.6) is 0 Å². The maximum atomic E-state index is 13.1. The van der Waals surface area contributed by atoms with Crippen LogP contribution in [0.25, 0.3) is 0 Å². The molecule has 0 amide bonds. The van der Waals surface area contributed by atoms with Crippen LogP contribution in [0.2, 0.25) is 0 Å². The van der Waals surface area contributed by atoms with Gasteiger partial charge in [0.25, 0.3) is 0 Å². The quantitative estimate of drug-likeness (QED) is 0.382. The van der Waals surface area contributed by atoms with Gasteiger partial charge in [0.15, 0.2) is 5.96 Å². The first-order valence-electron chi connectivity index (χ1n) is 7.51. The van der Waals surface area contributed by atoms with Crippen LogP contribution in [0.15, 0.2) is 40.7 Å². The molecule has 0 bridgehead atoms. The average Bonchev–Trinajstić information content (AvgIpc) is 3.03. The lowest BCUT2D eigenvalue weighted by Gasteiger charge is -2.15. The van der Waals surface area contributed by atoms with Gasteiger partial charge in [0.2, 0.25) is 0 Å². The van der Waals surface area contributed by atoms with Gasteiger partial charge in [0, 0.05) is 37.0 Å². The fraction of sp³-hybridized carbons (Fsp3) is 0.353. The van der Waals surface area contributed by atoms with Crippen LogP contribution >= 0.6 is 35.3 Å². The van der Waals surface area contributed by atoms with E-state index in [0.29, 0.717) is 30.4 Å². The Balaban J connectivity index is 0.00000288. The third-order valence-electron chi connectivity index (χ3n) is 3.46. The summed E-state index contributed by atoms with van der Waals surface area (Å²) in [6.07, 6.45) is 0.524. The lowest BCUT2D eigenvalue weighted by molar-refractivity contribution is 0.579. The maximum Gasteiger partial charge on any atom is 0.191 e. The molecule has 0 fully saturated rings. The van der Waals surface area contributed by atoms with Gasteiger partial charge in [-0.1, -0.05) is 13.0 Å². The first kappa shape index (κ1) is 20.8. The van der Waals surface area contributed by atoms with Gasteiger partial charge in [-0.15, -0.1) is 35.3 Å². The Morgan fingerprint density at radius 1 is 1.21 bits per heavy atom. The van der Waals surface area contributed by atoms with Gasteiger partial charge in [-0.3, -0.25) is 4.99 Å². The molecule has 0 saturated carbocycles. The number of benzene rings is 1. The monoisotopic (exact) mass is 465 g/mol. The third-order valence-corrected chi connectivity index (χ3v) is 4.56.